The predicted molar refractivity (Wildman–Crippen MR) is 157 cm³/mol. The maximum absolute atomic E-state index is 6.16. The molecule has 0 radical (unpaired) electrons. The molecule has 2 fully saturated rings. The van der Waals surface area contributed by atoms with Gasteiger partial charge in [0.05, 0.1) is 6.10 Å². The van der Waals surface area contributed by atoms with Gasteiger partial charge in [0.25, 0.3) is 0 Å². The molecule has 2 aliphatic rings. The molecule has 0 N–H and O–H groups in total. The molecular formula is C33H45FeOP. The molecule has 3 atom stereocenters. The molecule has 0 aromatic heterocycles. The maximum atomic E-state index is 6.16. The molecule has 0 heterocycles. The summed E-state index contributed by atoms with van der Waals surface area (Å²) in [6, 6.07) is 31.0. The van der Waals surface area contributed by atoms with Crippen LogP contribution in [0.25, 0.3) is 0 Å². The fourth-order valence-electron chi connectivity index (χ4n) is 5.67. The Kier molecular flexibility index (Phi) is 15.5. The summed E-state index contributed by atoms with van der Waals surface area (Å²) in [5.41, 5.74) is 3.34. The van der Waals surface area contributed by atoms with E-state index in [1.165, 1.54) is 73.1 Å². The summed E-state index contributed by atoms with van der Waals surface area (Å²) in [5, 5.41) is 2.97. The molecule has 36 heavy (non-hydrogen) atoms. The summed E-state index contributed by atoms with van der Waals surface area (Å²) in [4.78, 5) is 0. The van der Waals surface area contributed by atoms with Gasteiger partial charge in [0, 0.05) is 7.11 Å². The van der Waals surface area contributed by atoms with Gasteiger partial charge < -0.3 is 19.6 Å². The van der Waals surface area contributed by atoms with Crippen molar-refractivity contribution in [3.8, 4) is 0 Å². The average Bonchev–Trinajstić information content (AvgIpc) is 3.59. The maximum Gasteiger partial charge on any atom is 2.00 e. The zero-order chi connectivity index (χ0) is 22.9. The molecule has 3 aromatic carbocycles. The Balaban J connectivity index is 0.000000727. The minimum atomic E-state index is -0.409. The van der Waals surface area contributed by atoms with E-state index < -0.39 is 7.92 Å². The number of ether oxygens (including phenoxy) is 1. The standard InChI is InChI=1S/C26H29OP.C5H10.2CH3.Fe/c1-20-12-9-10-17-23(20)26(27-2)24-18-11-19-25(24)28(21-13-5-3-6-14-21)22-15-7-4-8-16-22;1-2-4-5-3-1;;;/h3-10,12-17,24-26H,11,18-19H2,1-2H3;1-5H2;2*1H3;/q;;2*-1;+2/t24?,25?,26-;;;;/m0..../s1. The van der Waals surface area contributed by atoms with E-state index in [2.05, 4.69) is 91.9 Å². The summed E-state index contributed by atoms with van der Waals surface area (Å²) in [6.45, 7) is 2.21. The van der Waals surface area contributed by atoms with E-state index in [-0.39, 0.29) is 38.0 Å². The molecule has 2 aliphatic carbocycles. The van der Waals surface area contributed by atoms with Crippen molar-refractivity contribution in [3.05, 3.63) is 111 Å². The number of hydrogen-bond donors (Lipinski definition) is 0. The van der Waals surface area contributed by atoms with Gasteiger partial charge in [0.2, 0.25) is 0 Å². The smallest absolute Gasteiger partial charge is 0.376 e. The van der Waals surface area contributed by atoms with Crippen molar-refractivity contribution in [2.24, 2.45) is 5.92 Å². The molecule has 0 amide bonds. The fourth-order valence-corrected chi connectivity index (χ4v) is 8.85. The third-order valence-corrected chi connectivity index (χ3v) is 10.3. The number of methoxy groups -OCH3 is 1. The van der Waals surface area contributed by atoms with Gasteiger partial charge in [-0.05, 0) is 61.0 Å². The van der Waals surface area contributed by atoms with Gasteiger partial charge in [-0.3, -0.25) is 0 Å². The van der Waals surface area contributed by atoms with Gasteiger partial charge in [-0.25, -0.2) is 0 Å². The number of hydrogen-bond acceptors (Lipinski definition) is 1. The normalized spacial score (nSPS) is 19.2. The first-order chi connectivity index (χ1) is 16.3. The summed E-state index contributed by atoms with van der Waals surface area (Å²) >= 11 is 0. The van der Waals surface area contributed by atoms with E-state index in [4.69, 9.17) is 4.74 Å². The monoisotopic (exact) mass is 544 g/mol. The van der Waals surface area contributed by atoms with Crippen LogP contribution in [0.1, 0.15) is 68.6 Å². The molecule has 0 bridgehead atoms. The zero-order valence-corrected chi connectivity index (χ0v) is 24.7. The Morgan fingerprint density at radius 3 is 1.61 bits per heavy atom. The molecule has 3 aromatic rings. The van der Waals surface area contributed by atoms with Crippen LogP contribution in [-0.2, 0) is 21.8 Å². The van der Waals surface area contributed by atoms with Crippen molar-refractivity contribution in [2.75, 3.05) is 7.11 Å². The second kappa shape index (κ2) is 17.1. The van der Waals surface area contributed by atoms with Crippen LogP contribution in [0, 0.1) is 27.7 Å². The van der Waals surface area contributed by atoms with Crippen LogP contribution in [0.2, 0.25) is 0 Å². The SMILES string of the molecule is C1CCCC1.CO[C@@H](c1ccccc1C)C1CCCC1P(c1ccccc1)c1ccccc1.[CH3-].[CH3-].[Fe+2]. The number of aryl methyl sites for hydroxylation is 1. The molecule has 0 saturated heterocycles. The third-order valence-electron chi connectivity index (χ3n) is 7.32. The van der Waals surface area contributed by atoms with Crippen LogP contribution in [0.3, 0.4) is 0 Å². The Hall–Kier alpha value is -1.43. The second-order valence-electron chi connectivity index (χ2n) is 9.48. The Morgan fingerprint density at radius 1 is 0.667 bits per heavy atom. The van der Waals surface area contributed by atoms with Crippen LogP contribution < -0.4 is 10.6 Å². The second-order valence-corrected chi connectivity index (χ2v) is 11.9. The molecule has 2 unspecified atom stereocenters. The van der Waals surface area contributed by atoms with E-state index >= 15 is 0 Å². The van der Waals surface area contributed by atoms with Crippen molar-refractivity contribution < 1.29 is 21.8 Å². The average molecular weight is 545 g/mol. The first-order valence-corrected chi connectivity index (χ1v) is 14.2. The zero-order valence-electron chi connectivity index (χ0n) is 22.7. The van der Waals surface area contributed by atoms with Gasteiger partial charge in [-0.15, -0.1) is 0 Å². The molecule has 196 valence electrons. The molecule has 0 spiro atoms. The van der Waals surface area contributed by atoms with Crippen LogP contribution in [0.15, 0.2) is 84.9 Å². The summed E-state index contributed by atoms with van der Waals surface area (Å²) in [6.07, 6.45) is 11.5. The Labute approximate surface area is 233 Å². The van der Waals surface area contributed by atoms with Crippen molar-refractivity contribution in [3.63, 3.8) is 0 Å². The third kappa shape index (κ3) is 8.29. The molecule has 2 saturated carbocycles. The van der Waals surface area contributed by atoms with Crippen molar-refractivity contribution >= 4 is 18.5 Å². The van der Waals surface area contributed by atoms with Gasteiger partial charge in [0.15, 0.2) is 0 Å². The largest absolute Gasteiger partial charge is 2.00 e. The van der Waals surface area contributed by atoms with Crippen LogP contribution in [-0.4, -0.2) is 12.8 Å². The van der Waals surface area contributed by atoms with E-state index in [0.29, 0.717) is 11.6 Å². The van der Waals surface area contributed by atoms with E-state index in [1.54, 1.807) is 0 Å². The first kappa shape index (κ1) is 32.6. The van der Waals surface area contributed by atoms with Gasteiger partial charge in [-0.2, -0.15) is 0 Å². The van der Waals surface area contributed by atoms with Crippen molar-refractivity contribution in [1.29, 1.82) is 0 Å². The molecule has 1 nitrogen and oxygen atoms in total. The minimum absolute atomic E-state index is 0. The van der Waals surface area contributed by atoms with Gasteiger partial charge in [0.1, 0.15) is 0 Å². The topological polar surface area (TPSA) is 9.23 Å². The first-order valence-electron chi connectivity index (χ1n) is 12.8. The molecule has 3 heteroatoms. The summed E-state index contributed by atoms with van der Waals surface area (Å²) in [7, 11) is 1.48. The Bertz CT molecular complexity index is 911. The van der Waals surface area contributed by atoms with Crippen LogP contribution in [0.4, 0.5) is 0 Å². The fraction of sp³-hybridized carbons (Fsp3) is 0.394. The number of rotatable bonds is 6. The minimum Gasteiger partial charge on any atom is -0.376 e. The number of benzene rings is 3. The van der Waals surface area contributed by atoms with E-state index in [1.807, 2.05) is 7.11 Å². The van der Waals surface area contributed by atoms with Gasteiger partial charge in [-0.1, -0.05) is 123 Å². The molecule has 5 rings (SSSR count). The van der Waals surface area contributed by atoms with Crippen molar-refractivity contribution in [2.45, 2.75) is 70.1 Å². The Morgan fingerprint density at radius 2 is 1.14 bits per heavy atom. The molecule has 0 aliphatic heterocycles. The van der Waals surface area contributed by atoms with Gasteiger partial charge >= 0.3 is 17.1 Å². The van der Waals surface area contributed by atoms with Crippen molar-refractivity contribution in [1.82, 2.24) is 0 Å². The molecular weight excluding hydrogens is 499 g/mol. The summed E-state index contributed by atoms with van der Waals surface area (Å²) < 4.78 is 6.16. The van der Waals surface area contributed by atoms with Crippen LogP contribution in [0.5, 0.6) is 0 Å². The van der Waals surface area contributed by atoms with E-state index in [0.717, 1.165) is 0 Å². The van der Waals surface area contributed by atoms with Crippen LogP contribution >= 0.6 is 7.92 Å². The van der Waals surface area contributed by atoms with E-state index in [9.17, 15) is 0 Å². The predicted octanol–water partition coefficient (Wildman–Crippen LogP) is 8.83. The summed E-state index contributed by atoms with van der Waals surface area (Å²) in [5.74, 6) is 0.553. The quantitative estimate of drug-likeness (QED) is 0.171.